The number of aromatic hydroxyl groups is 1. The van der Waals surface area contributed by atoms with Gasteiger partial charge in [-0.15, -0.1) is 0 Å². The average Bonchev–Trinajstić information content (AvgIpc) is 3.11. The summed E-state index contributed by atoms with van der Waals surface area (Å²) in [5.41, 5.74) is -4.95. The molecule has 1 fully saturated rings. The number of ether oxygens (including phenoxy) is 5. The van der Waals surface area contributed by atoms with Gasteiger partial charge in [-0.1, -0.05) is 6.07 Å². The maximum atomic E-state index is 14.9. The van der Waals surface area contributed by atoms with Gasteiger partial charge in [0.25, 0.3) is 5.91 Å². The molecule has 288 valence electrons. The lowest BCUT2D eigenvalue weighted by Gasteiger charge is -2.53. The Hall–Kier alpha value is -4.95. The van der Waals surface area contributed by atoms with E-state index in [-0.39, 0.29) is 16.7 Å². The zero-order valence-corrected chi connectivity index (χ0v) is 29.7. The number of nitrogens with zero attached hydrogens (tertiary/aromatic N) is 1. The van der Waals surface area contributed by atoms with Crippen LogP contribution in [0.1, 0.15) is 81.8 Å². The minimum atomic E-state index is -3.28. The second kappa shape index (κ2) is 13.7. The Balaban J connectivity index is 1.58. The van der Waals surface area contributed by atoms with E-state index in [1.54, 1.807) is 6.92 Å². The van der Waals surface area contributed by atoms with Crippen LogP contribution in [0, 0.1) is 12.8 Å². The highest BCUT2D eigenvalue weighted by Gasteiger charge is 2.73. The van der Waals surface area contributed by atoms with Gasteiger partial charge in [0, 0.05) is 37.3 Å². The molecule has 0 aromatic heterocycles. The van der Waals surface area contributed by atoms with E-state index in [1.807, 2.05) is 0 Å². The van der Waals surface area contributed by atoms with Crippen LogP contribution in [0.4, 0.5) is 0 Å². The summed E-state index contributed by atoms with van der Waals surface area (Å²) in [4.78, 5) is 86.4. The van der Waals surface area contributed by atoms with Crippen molar-refractivity contribution in [2.75, 3.05) is 34.5 Å². The van der Waals surface area contributed by atoms with Gasteiger partial charge in [-0.3, -0.25) is 29.0 Å². The van der Waals surface area contributed by atoms with Crippen molar-refractivity contribution in [3.05, 3.63) is 56.6 Å². The van der Waals surface area contributed by atoms with Crippen molar-refractivity contribution in [1.82, 2.24) is 0 Å². The predicted octanol–water partition coefficient (Wildman–Crippen LogP) is -1.14. The maximum Gasteiger partial charge on any atom is 0.341 e. The van der Waals surface area contributed by atoms with Crippen LogP contribution in [0.15, 0.2) is 17.1 Å². The maximum absolute atomic E-state index is 14.9. The summed E-state index contributed by atoms with van der Waals surface area (Å²) in [6.45, 7) is 1.49. The fourth-order valence-electron chi connectivity index (χ4n) is 8.21. The number of amides is 1. The van der Waals surface area contributed by atoms with E-state index in [1.165, 1.54) is 20.1 Å². The summed E-state index contributed by atoms with van der Waals surface area (Å²) in [5, 5.41) is 56.8. The highest BCUT2D eigenvalue weighted by atomic mass is 16.6. The van der Waals surface area contributed by atoms with Gasteiger partial charge in [0.1, 0.15) is 23.2 Å². The van der Waals surface area contributed by atoms with Crippen molar-refractivity contribution in [1.29, 1.82) is 0 Å². The van der Waals surface area contributed by atoms with E-state index < -0.39 is 154 Å². The van der Waals surface area contributed by atoms with E-state index in [2.05, 4.69) is 4.99 Å². The summed E-state index contributed by atoms with van der Waals surface area (Å²) in [7, 11) is 3.27. The molecule has 1 saturated heterocycles. The Morgan fingerprint density at radius 3 is 2.33 bits per heavy atom. The standard InChI is InChI=1S/C36H38N2O16/c1-12-6-14-7-20(41)36(52-5)32(47)24-16(31(46)35(36,49)25(14)30(53-11-21(37)42)22(12)34(48)51-4)8-15-23(28(24)45)19(40)9-18(26(15)43)38-33-17(10-39)27(44)29(50-3)13(2)54-33/h6,8,13,17,20,27,29,33,39,41,44-45,49H,7,9-11H2,1-5H3,(H2,37,42)/t13-,17+,20+,27-,29-,33?,35-,36+/m0/s1. The number of hydrogen-bond acceptors (Lipinski definition) is 17. The van der Waals surface area contributed by atoms with Crippen molar-refractivity contribution in [3.8, 4) is 11.5 Å². The fourth-order valence-corrected chi connectivity index (χ4v) is 8.21. The number of benzene rings is 2. The summed E-state index contributed by atoms with van der Waals surface area (Å²) < 4.78 is 27.2. The number of phenolic OH excluding ortho intramolecular Hbond substituents is 1. The first kappa shape index (κ1) is 38.8. The smallest absolute Gasteiger partial charge is 0.341 e. The highest BCUT2D eigenvalue weighted by molar-refractivity contribution is 6.53. The molecule has 1 amide bonds. The number of methoxy groups -OCH3 is 3. The van der Waals surface area contributed by atoms with Crippen molar-refractivity contribution in [2.45, 2.75) is 68.5 Å². The zero-order chi connectivity index (χ0) is 39.8. The van der Waals surface area contributed by atoms with Crippen LogP contribution < -0.4 is 10.5 Å². The molecular formula is C36H38N2O16. The number of aliphatic hydroxyl groups is 4. The number of fused-ring (bicyclic) bond motifs is 5. The van der Waals surface area contributed by atoms with Gasteiger partial charge in [-0.05, 0) is 31.0 Å². The molecule has 0 saturated carbocycles. The number of aliphatic imine (C=N–C) groups is 1. The molecule has 6 rings (SSSR count). The Morgan fingerprint density at radius 2 is 1.74 bits per heavy atom. The van der Waals surface area contributed by atoms with Crippen LogP contribution >= 0.6 is 0 Å². The molecule has 1 aliphatic heterocycles. The number of esters is 1. The summed E-state index contributed by atoms with van der Waals surface area (Å²) >= 11 is 0. The largest absolute Gasteiger partial charge is 0.506 e. The molecule has 1 unspecified atom stereocenters. The molecule has 4 aliphatic rings. The first-order chi connectivity index (χ1) is 25.5. The zero-order valence-electron chi connectivity index (χ0n) is 29.7. The SMILES string of the molecule is COC(=O)c1c(C)cc2c(c1OCC(N)=O)[C@]1(O)C(=O)c3cc4c(c(O)c3C(=O)[C@]1(OC)[C@H](O)C2)C(=O)CC(=NC1O[C@@H](C)[C@H](OC)[C@@H](O)[C@H]1CO)C4=O. The van der Waals surface area contributed by atoms with Crippen molar-refractivity contribution in [3.63, 3.8) is 0 Å². The number of hydrogen-bond donors (Lipinski definition) is 6. The van der Waals surface area contributed by atoms with Crippen molar-refractivity contribution < 1.29 is 78.0 Å². The van der Waals surface area contributed by atoms with Crippen molar-refractivity contribution >= 4 is 40.7 Å². The van der Waals surface area contributed by atoms with Gasteiger partial charge in [-0.2, -0.15) is 0 Å². The van der Waals surface area contributed by atoms with Crippen molar-refractivity contribution in [2.24, 2.45) is 16.6 Å². The molecule has 8 atom stereocenters. The number of aryl methyl sites for hydroxylation is 1. The monoisotopic (exact) mass is 754 g/mol. The van der Waals surface area contributed by atoms with Crippen LogP contribution in [0.3, 0.4) is 0 Å². The second-order valence-corrected chi connectivity index (χ2v) is 13.6. The Labute approximate surface area is 306 Å². The van der Waals surface area contributed by atoms with E-state index >= 15 is 0 Å². The summed E-state index contributed by atoms with van der Waals surface area (Å²) in [6, 6.07) is 2.16. The van der Waals surface area contributed by atoms with E-state index in [4.69, 9.17) is 29.4 Å². The molecule has 18 heteroatoms. The molecule has 0 radical (unpaired) electrons. The molecule has 2 aromatic carbocycles. The first-order valence-electron chi connectivity index (χ1n) is 16.7. The second-order valence-electron chi connectivity index (χ2n) is 13.6. The molecule has 18 nitrogen and oxygen atoms in total. The molecule has 2 aromatic rings. The number of aliphatic hydroxyl groups excluding tert-OH is 3. The number of carbonyl (C=O) groups excluding carboxylic acids is 6. The number of nitrogens with two attached hydrogens (primary N) is 1. The van der Waals surface area contributed by atoms with Gasteiger partial charge in [0.15, 0.2) is 29.8 Å². The molecule has 1 heterocycles. The number of Topliss-reactive ketones (excluding diaryl/α,β-unsaturated/α-hetero) is 4. The van der Waals surface area contributed by atoms with E-state index in [0.29, 0.717) is 0 Å². The highest BCUT2D eigenvalue weighted by Crippen LogP contribution is 2.57. The van der Waals surface area contributed by atoms with Gasteiger partial charge in [0.05, 0.1) is 61.2 Å². The minimum absolute atomic E-state index is 0.00667. The molecule has 0 bridgehead atoms. The lowest BCUT2D eigenvalue weighted by molar-refractivity contribution is -0.206. The normalized spacial score (nSPS) is 31.0. The number of rotatable bonds is 8. The van der Waals surface area contributed by atoms with Crippen LogP contribution in [0.5, 0.6) is 11.5 Å². The minimum Gasteiger partial charge on any atom is -0.506 e. The number of primary amides is 1. The lowest BCUT2D eigenvalue weighted by Crippen LogP contribution is -2.73. The topological polar surface area (TPSA) is 288 Å². The quantitative estimate of drug-likeness (QED) is 0.174. The van der Waals surface area contributed by atoms with E-state index in [0.717, 1.165) is 20.3 Å². The van der Waals surface area contributed by atoms with Gasteiger partial charge < -0.3 is 55.0 Å². The summed E-state index contributed by atoms with van der Waals surface area (Å²) in [5.74, 6) is -9.53. The molecular weight excluding hydrogens is 716 g/mol. The third-order valence-corrected chi connectivity index (χ3v) is 10.7. The van der Waals surface area contributed by atoms with E-state index in [9.17, 15) is 54.3 Å². The predicted molar refractivity (Wildman–Crippen MR) is 180 cm³/mol. The Bertz CT molecular complexity index is 2060. The molecule has 0 spiro atoms. The van der Waals surface area contributed by atoms with Crippen LogP contribution in [-0.4, -0.2) is 137 Å². The van der Waals surface area contributed by atoms with Crippen LogP contribution in [0.25, 0.3) is 0 Å². The lowest BCUT2D eigenvalue weighted by atomic mass is 9.56. The number of phenols is 1. The molecule has 54 heavy (non-hydrogen) atoms. The Morgan fingerprint density at radius 1 is 1.06 bits per heavy atom. The van der Waals surface area contributed by atoms with Crippen LogP contribution in [0.2, 0.25) is 0 Å². The fraction of sp³-hybridized carbons (Fsp3) is 0.472. The first-order valence-corrected chi connectivity index (χ1v) is 16.7. The number of carbonyl (C=O) groups is 6. The molecule has 7 N–H and O–H groups in total. The molecule has 3 aliphatic carbocycles. The summed E-state index contributed by atoms with van der Waals surface area (Å²) in [6.07, 6.45) is -7.44. The third-order valence-electron chi connectivity index (χ3n) is 10.7. The van der Waals surface area contributed by atoms with Gasteiger partial charge >= 0.3 is 5.97 Å². The number of ketones is 4. The average molecular weight is 755 g/mol. The van der Waals surface area contributed by atoms with Gasteiger partial charge in [0.2, 0.25) is 17.3 Å². The van der Waals surface area contributed by atoms with Crippen LogP contribution in [-0.2, 0) is 35.8 Å². The third kappa shape index (κ3) is 5.24. The van der Waals surface area contributed by atoms with Gasteiger partial charge in [-0.25, -0.2) is 4.79 Å². The Kier molecular flexibility index (Phi) is 9.85.